The second kappa shape index (κ2) is 5.72. The number of aliphatic hydroxyl groups excluding tert-OH is 1. The summed E-state index contributed by atoms with van der Waals surface area (Å²) in [5.41, 5.74) is 0. The summed E-state index contributed by atoms with van der Waals surface area (Å²) < 4.78 is 0. The van der Waals surface area contributed by atoms with Crippen LogP contribution in [0.2, 0.25) is 0 Å². The molecule has 0 amide bonds. The molecule has 1 unspecified atom stereocenters. The van der Waals surface area contributed by atoms with Gasteiger partial charge in [-0.05, 0) is 19.4 Å². The summed E-state index contributed by atoms with van der Waals surface area (Å²) in [4.78, 5) is 8.00. The third kappa shape index (κ3) is 3.21. The van der Waals surface area contributed by atoms with E-state index in [1.807, 2.05) is 6.79 Å². The summed E-state index contributed by atoms with van der Waals surface area (Å²) in [5.74, 6) is 0. The Morgan fingerprint density at radius 1 is 1.67 bits per heavy atom. The summed E-state index contributed by atoms with van der Waals surface area (Å²) in [6.07, 6.45) is 2.38. The maximum atomic E-state index is 8.50. The first-order valence-corrected chi connectivity index (χ1v) is 3.06. The van der Waals surface area contributed by atoms with Gasteiger partial charge in [-0.1, -0.05) is 0 Å². The molecule has 0 aromatic rings. The van der Waals surface area contributed by atoms with Crippen LogP contribution in [0.4, 0.5) is 0 Å². The van der Waals surface area contributed by atoms with Crippen molar-refractivity contribution in [3.05, 3.63) is 0 Å². The van der Waals surface area contributed by atoms with Gasteiger partial charge in [-0.3, -0.25) is 0 Å². The molecule has 1 rings (SSSR count). The lowest BCUT2D eigenvalue weighted by molar-refractivity contribution is -0.0979. The fourth-order valence-electron chi connectivity index (χ4n) is 0.913. The van der Waals surface area contributed by atoms with Crippen LogP contribution in [-0.2, 0) is 4.79 Å². The van der Waals surface area contributed by atoms with Crippen molar-refractivity contribution in [1.29, 1.82) is 0 Å². The predicted molar refractivity (Wildman–Crippen MR) is 35.2 cm³/mol. The molecule has 3 nitrogen and oxygen atoms in total. The maximum Gasteiger partial charge on any atom is 0.106 e. The molecule has 3 heteroatoms. The van der Waals surface area contributed by atoms with Crippen LogP contribution in [0.3, 0.4) is 0 Å². The standard InChI is InChI=1S/C5H11NO.CH2O/c7-4-5-2-1-3-6-5;1-2/h5-7H,1-4H2;1H2. The van der Waals surface area contributed by atoms with Gasteiger partial charge in [0.1, 0.15) is 6.79 Å². The molecule has 1 atom stereocenters. The van der Waals surface area contributed by atoms with Crippen LogP contribution in [0.1, 0.15) is 12.8 Å². The van der Waals surface area contributed by atoms with E-state index < -0.39 is 0 Å². The molecule has 0 aromatic carbocycles. The van der Waals surface area contributed by atoms with Crippen molar-refractivity contribution in [2.45, 2.75) is 18.9 Å². The van der Waals surface area contributed by atoms with Crippen molar-refractivity contribution in [1.82, 2.24) is 5.32 Å². The van der Waals surface area contributed by atoms with Crippen LogP contribution in [0.5, 0.6) is 0 Å². The smallest absolute Gasteiger partial charge is 0.106 e. The largest absolute Gasteiger partial charge is 0.395 e. The Balaban J connectivity index is 0.000000291. The first kappa shape index (κ1) is 8.59. The summed E-state index contributed by atoms with van der Waals surface area (Å²) in [5, 5.41) is 11.7. The Morgan fingerprint density at radius 3 is 2.56 bits per heavy atom. The van der Waals surface area contributed by atoms with E-state index in [1.54, 1.807) is 0 Å². The Morgan fingerprint density at radius 2 is 2.33 bits per heavy atom. The average molecular weight is 131 g/mol. The summed E-state index contributed by atoms with van der Waals surface area (Å²) in [6.45, 7) is 3.39. The lowest BCUT2D eigenvalue weighted by Crippen LogP contribution is -2.24. The first-order valence-electron chi connectivity index (χ1n) is 3.06. The molecule has 1 aliphatic heterocycles. The van der Waals surface area contributed by atoms with Gasteiger partial charge in [0.05, 0.1) is 6.61 Å². The minimum Gasteiger partial charge on any atom is -0.395 e. The van der Waals surface area contributed by atoms with Gasteiger partial charge in [0, 0.05) is 6.04 Å². The predicted octanol–water partition coefficient (Wildman–Crippen LogP) is -0.454. The van der Waals surface area contributed by atoms with Gasteiger partial charge in [0.25, 0.3) is 0 Å². The highest BCUT2D eigenvalue weighted by atomic mass is 16.3. The van der Waals surface area contributed by atoms with Gasteiger partial charge in [0.2, 0.25) is 0 Å². The molecule has 2 N–H and O–H groups in total. The van der Waals surface area contributed by atoms with Crippen molar-refractivity contribution < 1.29 is 9.90 Å². The second-order valence-electron chi connectivity index (χ2n) is 1.98. The van der Waals surface area contributed by atoms with Crippen LogP contribution < -0.4 is 5.32 Å². The zero-order valence-electron chi connectivity index (χ0n) is 5.47. The van der Waals surface area contributed by atoms with E-state index in [0.29, 0.717) is 12.6 Å². The molecule has 0 aromatic heterocycles. The Kier molecular flexibility index (Phi) is 5.46. The number of hydrogen-bond acceptors (Lipinski definition) is 3. The van der Waals surface area contributed by atoms with E-state index >= 15 is 0 Å². The van der Waals surface area contributed by atoms with E-state index in [-0.39, 0.29) is 0 Å². The van der Waals surface area contributed by atoms with Gasteiger partial charge < -0.3 is 15.2 Å². The highest BCUT2D eigenvalue weighted by Gasteiger charge is 2.10. The molecular formula is C6H13NO2. The van der Waals surface area contributed by atoms with Crippen molar-refractivity contribution in [3.63, 3.8) is 0 Å². The normalized spacial score (nSPS) is 24.8. The quantitative estimate of drug-likeness (QED) is 0.506. The van der Waals surface area contributed by atoms with Crippen molar-refractivity contribution >= 4 is 6.79 Å². The van der Waals surface area contributed by atoms with Crippen LogP contribution in [0, 0.1) is 0 Å². The van der Waals surface area contributed by atoms with Gasteiger partial charge in [0.15, 0.2) is 0 Å². The number of aliphatic hydroxyl groups is 1. The highest BCUT2D eigenvalue weighted by molar-refractivity contribution is 5.10. The number of carbonyl (C=O) groups is 1. The Hall–Kier alpha value is -0.410. The molecule has 0 radical (unpaired) electrons. The van der Waals surface area contributed by atoms with Gasteiger partial charge in [-0.15, -0.1) is 0 Å². The zero-order valence-corrected chi connectivity index (χ0v) is 5.47. The number of hydrogen-bond donors (Lipinski definition) is 2. The fourth-order valence-corrected chi connectivity index (χ4v) is 0.913. The molecule has 1 saturated heterocycles. The summed E-state index contributed by atoms with van der Waals surface area (Å²) in [7, 11) is 0. The third-order valence-electron chi connectivity index (χ3n) is 1.38. The molecule has 0 spiro atoms. The molecule has 1 aliphatic rings. The number of nitrogens with one attached hydrogen (secondary N) is 1. The molecule has 1 heterocycles. The lowest BCUT2D eigenvalue weighted by Gasteiger charge is -2.01. The van der Waals surface area contributed by atoms with Gasteiger partial charge in [-0.2, -0.15) is 0 Å². The van der Waals surface area contributed by atoms with Crippen molar-refractivity contribution in [3.8, 4) is 0 Å². The van der Waals surface area contributed by atoms with Gasteiger partial charge in [-0.25, -0.2) is 0 Å². The van der Waals surface area contributed by atoms with Crippen LogP contribution in [-0.4, -0.2) is 31.1 Å². The number of rotatable bonds is 1. The topological polar surface area (TPSA) is 49.3 Å². The van der Waals surface area contributed by atoms with E-state index in [4.69, 9.17) is 9.90 Å². The van der Waals surface area contributed by atoms with Crippen LogP contribution in [0.15, 0.2) is 0 Å². The highest BCUT2D eigenvalue weighted by Crippen LogP contribution is 2.02. The Labute approximate surface area is 55.1 Å². The van der Waals surface area contributed by atoms with Crippen molar-refractivity contribution in [2.75, 3.05) is 13.2 Å². The molecule has 0 aliphatic carbocycles. The van der Waals surface area contributed by atoms with Crippen LogP contribution in [0.25, 0.3) is 0 Å². The molecular weight excluding hydrogens is 118 g/mol. The average Bonchev–Trinajstić information content (AvgIpc) is 2.43. The summed E-state index contributed by atoms with van der Waals surface area (Å²) in [6, 6.07) is 0.403. The monoisotopic (exact) mass is 131 g/mol. The molecule has 0 bridgehead atoms. The van der Waals surface area contributed by atoms with E-state index in [9.17, 15) is 0 Å². The third-order valence-corrected chi connectivity index (χ3v) is 1.38. The molecule has 9 heavy (non-hydrogen) atoms. The van der Waals surface area contributed by atoms with E-state index in [1.165, 1.54) is 6.42 Å². The van der Waals surface area contributed by atoms with Crippen molar-refractivity contribution in [2.24, 2.45) is 0 Å². The van der Waals surface area contributed by atoms with E-state index in [2.05, 4.69) is 5.32 Å². The van der Waals surface area contributed by atoms with Gasteiger partial charge >= 0.3 is 0 Å². The molecule has 54 valence electrons. The maximum absolute atomic E-state index is 8.50. The number of carbonyl (C=O) groups excluding carboxylic acids is 1. The minimum atomic E-state index is 0.306. The van der Waals surface area contributed by atoms with Crippen LogP contribution >= 0.6 is 0 Å². The first-order chi connectivity index (χ1) is 4.43. The fraction of sp³-hybridized carbons (Fsp3) is 0.833. The second-order valence-corrected chi connectivity index (χ2v) is 1.98. The van der Waals surface area contributed by atoms with E-state index in [0.717, 1.165) is 13.0 Å². The molecule has 0 saturated carbocycles. The Bertz CT molecular complexity index is 62.1. The zero-order chi connectivity index (χ0) is 7.11. The summed E-state index contributed by atoms with van der Waals surface area (Å²) >= 11 is 0. The lowest BCUT2D eigenvalue weighted by atomic mass is 10.2. The SMILES string of the molecule is C=O.OCC1CCCN1. The molecule has 1 fully saturated rings. The minimum absolute atomic E-state index is 0.306.